The molecular weight excluding hydrogens is 226 g/mol. The molecule has 0 amide bonds. The smallest absolute Gasteiger partial charge is 0.314 e. The molecule has 0 fully saturated rings. The molecule has 1 atom stereocenters. The number of ether oxygens (including phenoxy) is 2. The standard InChI is InChI=1S/C11H15NO5/c1-8(6-13)7-17-9-3-4-11(16-2)10(5-9)12(14)15/h3-5,8,13H,6-7H2,1-2H3. The molecule has 6 nitrogen and oxygen atoms in total. The molecule has 1 aromatic rings. The lowest BCUT2D eigenvalue weighted by Gasteiger charge is -2.10. The highest BCUT2D eigenvalue weighted by Crippen LogP contribution is 2.30. The summed E-state index contributed by atoms with van der Waals surface area (Å²) >= 11 is 0. The van der Waals surface area contributed by atoms with E-state index in [0.717, 1.165) is 0 Å². The Kier molecular flexibility index (Phi) is 4.71. The van der Waals surface area contributed by atoms with E-state index < -0.39 is 4.92 Å². The third-order valence-electron chi connectivity index (χ3n) is 2.19. The van der Waals surface area contributed by atoms with Crippen LogP contribution in [0, 0.1) is 16.0 Å². The van der Waals surface area contributed by atoms with E-state index in [-0.39, 0.29) is 24.0 Å². The molecule has 0 aliphatic rings. The van der Waals surface area contributed by atoms with E-state index in [9.17, 15) is 10.1 Å². The third-order valence-corrected chi connectivity index (χ3v) is 2.19. The number of hydrogen-bond donors (Lipinski definition) is 1. The fourth-order valence-corrected chi connectivity index (χ4v) is 1.19. The molecule has 0 aliphatic heterocycles. The summed E-state index contributed by atoms with van der Waals surface area (Å²) in [6.45, 7) is 2.14. The van der Waals surface area contributed by atoms with Gasteiger partial charge < -0.3 is 14.6 Å². The summed E-state index contributed by atoms with van der Waals surface area (Å²) in [7, 11) is 1.37. The van der Waals surface area contributed by atoms with Gasteiger partial charge >= 0.3 is 5.69 Å². The Morgan fingerprint density at radius 3 is 2.76 bits per heavy atom. The maximum atomic E-state index is 10.8. The van der Waals surface area contributed by atoms with Gasteiger partial charge in [0, 0.05) is 12.5 Å². The second-order valence-electron chi connectivity index (χ2n) is 3.69. The van der Waals surface area contributed by atoms with Crippen molar-refractivity contribution in [1.29, 1.82) is 0 Å². The molecule has 0 bridgehead atoms. The Morgan fingerprint density at radius 2 is 2.24 bits per heavy atom. The molecular formula is C11H15NO5. The number of rotatable bonds is 6. The van der Waals surface area contributed by atoms with E-state index in [1.807, 2.05) is 6.92 Å². The maximum Gasteiger partial charge on any atom is 0.314 e. The number of benzene rings is 1. The van der Waals surface area contributed by atoms with Crippen molar-refractivity contribution < 1.29 is 19.5 Å². The minimum atomic E-state index is -0.527. The molecule has 0 aliphatic carbocycles. The summed E-state index contributed by atoms with van der Waals surface area (Å²) < 4.78 is 10.2. The quantitative estimate of drug-likeness (QED) is 0.604. The SMILES string of the molecule is COc1ccc(OCC(C)CO)cc1[N+](=O)[O-]. The zero-order chi connectivity index (χ0) is 12.8. The highest BCUT2D eigenvalue weighted by Gasteiger charge is 2.16. The van der Waals surface area contributed by atoms with Crippen molar-refractivity contribution >= 4 is 5.69 Å². The first-order chi connectivity index (χ1) is 8.08. The predicted octanol–water partition coefficient (Wildman–Crippen LogP) is 1.61. The molecule has 1 unspecified atom stereocenters. The van der Waals surface area contributed by atoms with Gasteiger partial charge in [-0.15, -0.1) is 0 Å². The fraction of sp³-hybridized carbons (Fsp3) is 0.455. The summed E-state index contributed by atoms with van der Waals surface area (Å²) in [4.78, 5) is 10.2. The van der Waals surface area contributed by atoms with E-state index in [0.29, 0.717) is 12.4 Å². The van der Waals surface area contributed by atoms with Crippen molar-refractivity contribution in [3.63, 3.8) is 0 Å². The van der Waals surface area contributed by atoms with E-state index in [1.54, 1.807) is 6.07 Å². The fourth-order valence-electron chi connectivity index (χ4n) is 1.19. The normalized spacial score (nSPS) is 11.9. The van der Waals surface area contributed by atoms with Crippen LogP contribution in [0.5, 0.6) is 11.5 Å². The first kappa shape index (κ1) is 13.2. The van der Waals surface area contributed by atoms with Gasteiger partial charge in [-0.3, -0.25) is 10.1 Å². The summed E-state index contributed by atoms with van der Waals surface area (Å²) in [5, 5.41) is 19.6. The molecule has 94 valence electrons. The summed E-state index contributed by atoms with van der Waals surface area (Å²) in [5.41, 5.74) is -0.137. The Morgan fingerprint density at radius 1 is 1.53 bits per heavy atom. The molecule has 17 heavy (non-hydrogen) atoms. The lowest BCUT2D eigenvalue weighted by atomic mass is 10.2. The van der Waals surface area contributed by atoms with Gasteiger partial charge in [-0.05, 0) is 12.1 Å². The summed E-state index contributed by atoms with van der Waals surface area (Å²) in [6.07, 6.45) is 0. The first-order valence-electron chi connectivity index (χ1n) is 5.14. The van der Waals surface area contributed by atoms with Crippen LogP contribution in [0.4, 0.5) is 5.69 Å². The van der Waals surface area contributed by atoms with Crippen LogP contribution >= 0.6 is 0 Å². The van der Waals surface area contributed by atoms with Crippen LogP contribution in [0.25, 0.3) is 0 Å². The van der Waals surface area contributed by atoms with Gasteiger partial charge in [0.05, 0.1) is 24.7 Å². The van der Waals surface area contributed by atoms with Crippen molar-refractivity contribution in [1.82, 2.24) is 0 Å². The van der Waals surface area contributed by atoms with Crippen molar-refractivity contribution in [3.05, 3.63) is 28.3 Å². The van der Waals surface area contributed by atoms with Crippen molar-refractivity contribution in [2.45, 2.75) is 6.92 Å². The number of nitro groups is 1. The second-order valence-corrected chi connectivity index (χ2v) is 3.69. The van der Waals surface area contributed by atoms with Gasteiger partial charge in [0.25, 0.3) is 0 Å². The zero-order valence-electron chi connectivity index (χ0n) is 9.75. The van der Waals surface area contributed by atoms with Crippen LogP contribution in [0.2, 0.25) is 0 Å². The third kappa shape index (κ3) is 3.60. The Labute approximate surface area is 98.9 Å². The molecule has 1 rings (SSSR count). The first-order valence-corrected chi connectivity index (χ1v) is 5.14. The van der Waals surface area contributed by atoms with Gasteiger partial charge in [-0.1, -0.05) is 6.92 Å². The average molecular weight is 241 g/mol. The number of aliphatic hydroxyl groups is 1. The van der Waals surface area contributed by atoms with Crippen LogP contribution < -0.4 is 9.47 Å². The predicted molar refractivity (Wildman–Crippen MR) is 61.4 cm³/mol. The van der Waals surface area contributed by atoms with Crippen molar-refractivity contribution in [2.75, 3.05) is 20.3 Å². The number of hydrogen-bond acceptors (Lipinski definition) is 5. The second kappa shape index (κ2) is 6.05. The lowest BCUT2D eigenvalue weighted by molar-refractivity contribution is -0.385. The van der Waals surface area contributed by atoms with Gasteiger partial charge in [-0.2, -0.15) is 0 Å². The molecule has 0 saturated carbocycles. The van der Waals surface area contributed by atoms with Crippen molar-refractivity contribution in [2.24, 2.45) is 5.92 Å². The Hall–Kier alpha value is -1.82. The molecule has 0 saturated heterocycles. The highest BCUT2D eigenvalue weighted by atomic mass is 16.6. The van der Waals surface area contributed by atoms with Crippen LogP contribution in [-0.4, -0.2) is 30.4 Å². The number of aliphatic hydroxyl groups excluding tert-OH is 1. The van der Waals surface area contributed by atoms with Gasteiger partial charge in [0.15, 0.2) is 5.75 Å². The topological polar surface area (TPSA) is 81.8 Å². The van der Waals surface area contributed by atoms with E-state index in [2.05, 4.69) is 0 Å². The summed E-state index contributed by atoms with van der Waals surface area (Å²) in [5.74, 6) is 0.562. The molecule has 1 N–H and O–H groups in total. The zero-order valence-corrected chi connectivity index (χ0v) is 9.75. The molecule has 1 aromatic carbocycles. The van der Waals surface area contributed by atoms with Crippen LogP contribution in [0.15, 0.2) is 18.2 Å². The van der Waals surface area contributed by atoms with Crippen LogP contribution in [0.1, 0.15) is 6.92 Å². The van der Waals surface area contributed by atoms with Gasteiger partial charge in [0.2, 0.25) is 0 Å². The Balaban J connectivity index is 2.81. The van der Waals surface area contributed by atoms with Crippen LogP contribution in [-0.2, 0) is 0 Å². The van der Waals surface area contributed by atoms with Crippen LogP contribution in [0.3, 0.4) is 0 Å². The Bertz CT molecular complexity index is 393. The number of nitrogens with zero attached hydrogens (tertiary/aromatic N) is 1. The van der Waals surface area contributed by atoms with Gasteiger partial charge in [-0.25, -0.2) is 0 Å². The number of methoxy groups -OCH3 is 1. The summed E-state index contributed by atoms with van der Waals surface area (Å²) in [6, 6.07) is 4.38. The minimum Gasteiger partial charge on any atom is -0.493 e. The van der Waals surface area contributed by atoms with Gasteiger partial charge in [0.1, 0.15) is 5.75 Å². The molecule has 0 spiro atoms. The van der Waals surface area contributed by atoms with E-state index >= 15 is 0 Å². The molecule has 0 radical (unpaired) electrons. The molecule has 0 heterocycles. The highest BCUT2D eigenvalue weighted by molar-refractivity contribution is 5.50. The van der Waals surface area contributed by atoms with Crippen molar-refractivity contribution in [3.8, 4) is 11.5 Å². The minimum absolute atomic E-state index is 0.0122. The maximum absolute atomic E-state index is 10.8. The largest absolute Gasteiger partial charge is 0.493 e. The lowest BCUT2D eigenvalue weighted by Crippen LogP contribution is -2.12. The monoisotopic (exact) mass is 241 g/mol. The molecule has 0 aromatic heterocycles. The molecule has 6 heteroatoms. The van der Waals surface area contributed by atoms with E-state index in [4.69, 9.17) is 14.6 Å². The average Bonchev–Trinajstić information content (AvgIpc) is 2.35. The van der Waals surface area contributed by atoms with E-state index in [1.165, 1.54) is 19.2 Å². The number of nitro benzene ring substituents is 1.